The number of carbonyl (C=O) groups is 3. The SMILES string of the molecule is Cc1ccc(C(=O)COC(=O)c2cccc(N3CCCC3=O)c2)cc1[N+](=O)[O-]. The Labute approximate surface area is 160 Å². The highest BCUT2D eigenvalue weighted by atomic mass is 16.6. The van der Waals surface area contributed by atoms with Crippen LogP contribution in [-0.2, 0) is 9.53 Å². The molecule has 2 aromatic rings. The van der Waals surface area contributed by atoms with E-state index >= 15 is 0 Å². The van der Waals surface area contributed by atoms with Gasteiger partial charge in [-0.25, -0.2) is 4.79 Å². The highest BCUT2D eigenvalue weighted by Gasteiger charge is 2.23. The van der Waals surface area contributed by atoms with E-state index < -0.39 is 23.3 Å². The summed E-state index contributed by atoms with van der Waals surface area (Å²) >= 11 is 0. The van der Waals surface area contributed by atoms with Gasteiger partial charge in [0.25, 0.3) is 5.69 Å². The Morgan fingerprint density at radius 3 is 2.64 bits per heavy atom. The van der Waals surface area contributed by atoms with Gasteiger partial charge in [-0.2, -0.15) is 0 Å². The Morgan fingerprint density at radius 2 is 1.96 bits per heavy atom. The number of carbonyl (C=O) groups excluding carboxylic acids is 3. The molecule has 0 saturated carbocycles. The molecule has 1 saturated heterocycles. The fraction of sp³-hybridized carbons (Fsp3) is 0.250. The van der Waals surface area contributed by atoms with Gasteiger partial charge in [-0.15, -0.1) is 0 Å². The van der Waals surface area contributed by atoms with Crippen LogP contribution in [0.4, 0.5) is 11.4 Å². The van der Waals surface area contributed by atoms with Crippen LogP contribution in [0.15, 0.2) is 42.5 Å². The Morgan fingerprint density at radius 1 is 1.18 bits per heavy atom. The molecular weight excluding hydrogens is 364 g/mol. The maximum atomic E-state index is 12.3. The van der Waals surface area contributed by atoms with Crippen LogP contribution in [0.25, 0.3) is 0 Å². The van der Waals surface area contributed by atoms with E-state index in [4.69, 9.17) is 4.74 Å². The fourth-order valence-electron chi connectivity index (χ4n) is 3.00. The molecule has 0 unspecified atom stereocenters. The molecule has 8 nitrogen and oxygen atoms in total. The zero-order valence-corrected chi connectivity index (χ0v) is 15.2. The average molecular weight is 382 g/mol. The fourth-order valence-corrected chi connectivity index (χ4v) is 3.00. The first-order chi connectivity index (χ1) is 13.4. The summed E-state index contributed by atoms with van der Waals surface area (Å²) in [7, 11) is 0. The van der Waals surface area contributed by atoms with E-state index in [1.165, 1.54) is 24.3 Å². The zero-order chi connectivity index (χ0) is 20.3. The lowest BCUT2D eigenvalue weighted by Crippen LogP contribution is -2.24. The van der Waals surface area contributed by atoms with Crippen molar-refractivity contribution >= 4 is 29.0 Å². The Hall–Kier alpha value is -3.55. The van der Waals surface area contributed by atoms with Crippen LogP contribution >= 0.6 is 0 Å². The van der Waals surface area contributed by atoms with Crippen molar-refractivity contribution in [2.75, 3.05) is 18.1 Å². The Bertz CT molecular complexity index is 969. The summed E-state index contributed by atoms with van der Waals surface area (Å²) < 4.78 is 5.06. The summed E-state index contributed by atoms with van der Waals surface area (Å²) in [5.41, 5.74) is 1.20. The number of hydrogen-bond donors (Lipinski definition) is 0. The lowest BCUT2D eigenvalue weighted by Gasteiger charge is -2.16. The molecule has 0 aromatic heterocycles. The minimum atomic E-state index is -0.705. The summed E-state index contributed by atoms with van der Waals surface area (Å²) in [6.45, 7) is 1.64. The molecule has 0 bridgehead atoms. The van der Waals surface area contributed by atoms with Crippen molar-refractivity contribution in [2.45, 2.75) is 19.8 Å². The molecule has 2 aromatic carbocycles. The molecule has 1 amide bonds. The van der Waals surface area contributed by atoms with Crippen LogP contribution < -0.4 is 4.90 Å². The molecule has 0 atom stereocenters. The first kappa shape index (κ1) is 19.2. The lowest BCUT2D eigenvalue weighted by molar-refractivity contribution is -0.385. The molecule has 1 heterocycles. The second-order valence-electron chi connectivity index (χ2n) is 6.46. The molecule has 0 N–H and O–H groups in total. The number of aryl methyl sites for hydroxylation is 1. The molecule has 1 fully saturated rings. The second kappa shape index (κ2) is 7.99. The van der Waals surface area contributed by atoms with Crippen LogP contribution in [0.5, 0.6) is 0 Å². The first-order valence-corrected chi connectivity index (χ1v) is 8.72. The smallest absolute Gasteiger partial charge is 0.338 e. The summed E-state index contributed by atoms with van der Waals surface area (Å²) in [4.78, 5) is 48.4. The standard InChI is InChI=1S/C20H18N2O6/c1-13-7-8-14(11-17(13)22(26)27)18(23)12-28-20(25)15-4-2-5-16(10-15)21-9-3-6-19(21)24/h2,4-5,7-8,10-11H,3,6,9,12H2,1H3. The molecule has 0 radical (unpaired) electrons. The predicted octanol–water partition coefficient (Wildman–Crippen LogP) is 3.07. The quantitative estimate of drug-likeness (QED) is 0.329. The summed E-state index contributed by atoms with van der Waals surface area (Å²) in [6.07, 6.45) is 1.25. The van der Waals surface area contributed by atoms with Gasteiger partial charge in [0.1, 0.15) is 0 Å². The lowest BCUT2D eigenvalue weighted by atomic mass is 10.1. The molecule has 1 aliphatic heterocycles. The van der Waals surface area contributed by atoms with E-state index in [0.29, 0.717) is 24.2 Å². The van der Waals surface area contributed by atoms with E-state index in [1.54, 1.807) is 30.0 Å². The van der Waals surface area contributed by atoms with Gasteiger partial charge >= 0.3 is 5.97 Å². The van der Waals surface area contributed by atoms with Crippen molar-refractivity contribution < 1.29 is 24.0 Å². The molecule has 0 aliphatic carbocycles. The van der Waals surface area contributed by atoms with Crippen molar-refractivity contribution in [3.63, 3.8) is 0 Å². The predicted molar refractivity (Wildman–Crippen MR) is 100 cm³/mol. The molecule has 144 valence electrons. The number of anilines is 1. The number of ketones is 1. The third-order valence-corrected chi connectivity index (χ3v) is 4.53. The van der Waals surface area contributed by atoms with Crippen LogP contribution in [0, 0.1) is 17.0 Å². The van der Waals surface area contributed by atoms with Crippen LogP contribution in [0.1, 0.15) is 39.1 Å². The minimum Gasteiger partial charge on any atom is -0.454 e. The van der Waals surface area contributed by atoms with Gasteiger partial charge in [-0.1, -0.05) is 18.2 Å². The number of ether oxygens (including phenoxy) is 1. The summed E-state index contributed by atoms with van der Waals surface area (Å²) in [5, 5.41) is 11.0. The van der Waals surface area contributed by atoms with E-state index in [0.717, 1.165) is 6.42 Å². The maximum Gasteiger partial charge on any atom is 0.338 e. The van der Waals surface area contributed by atoms with Crippen LogP contribution in [0.2, 0.25) is 0 Å². The Balaban J connectivity index is 1.67. The maximum absolute atomic E-state index is 12.3. The van der Waals surface area contributed by atoms with Crippen molar-refractivity contribution in [1.82, 2.24) is 0 Å². The zero-order valence-electron chi connectivity index (χ0n) is 15.2. The van der Waals surface area contributed by atoms with Crippen molar-refractivity contribution in [3.8, 4) is 0 Å². The molecular formula is C20H18N2O6. The summed E-state index contributed by atoms with van der Waals surface area (Å²) in [6, 6.07) is 10.6. The number of Topliss-reactive ketones (excluding diaryl/α,β-unsaturated/α-hetero) is 1. The number of amides is 1. The third-order valence-electron chi connectivity index (χ3n) is 4.53. The monoisotopic (exact) mass is 382 g/mol. The van der Waals surface area contributed by atoms with Gasteiger partial charge in [-0.3, -0.25) is 19.7 Å². The highest BCUT2D eigenvalue weighted by molar-refractivity contribution is 6.00. The minimum absolute atomic E-state index is 0.00154. The van der Waals surface area contributed by atoms with Gasteiger partial charge in [0.15, 0.2) is 6.61 Å². The van der Waals surface area contributed by atoms with Crippen molar-refractivity contribution in [2.24, 2.45) is 0 Å². The average Bonchev–Trinajstić information content (AvgIpc) is 3.12. The van der Waals surface area contributed by atoms with E-state index in [-0.39, 0.29) is 22.7 Å². The summed E-state index contributed by atoms with van der Waals surface area (Å²) in [5.74, 6) is -1.24. The van der Waals surface area contributed by atoms with Gasteiger partial charge < -0.3 is 9.64 Å². The number of nitro benzene ring substituents is 1. The van der Waals surface area contributed by atoms with Gasteiger partial charge in [-0.05, 0) is 31.5 Å². The largest absolute Gasteiger partial charge is 0.454 e. The molecule has 0 spiro atoms. The molecule has 1 aliphatic rings. The van der Waals surface area contributed by atoms with E-state index in [1.807, 2.05) is 0 Å². The molecule has 8 heteroatoms. The van der Waals surface area contributed by atoms with Gasteiger partial charge in [0, 0.05) is 35.8 Å². The number of nitro groups is 1. The molecule has 28 heavy (non-hydrogen) atoms. The topological polar surface area (TPSA) is 107 Å². The number of nitrogens with zero attached hydrogens (tertiary/aromatic N) is 2. The van der Waals surface area contributed by atoms with Crippen LogP contribution in [-0.4, -0.2) is 35.7 Å². The first-order valence-electron chi connectivity index (χ1n) is 8.72. The van der Waals surface area contributed by atoms with E-state index in [9.17, 15) is 24.5 Å². The third kappa shape index (κ3) is 4.06. The Kier molecular flexibility index (Phi) is 5.49. The number of esters is 1. The van der Waals surface area contributed by atoms with E-state index in [2.05, 4.69) is 0 Å². The van der Waals surface area contributed by atoms with Gasteiger partial charge in [0.2, 0.25) is 11.7 Å². The van der Waals surface area contributed by atoms with Crippen molar-refractivity contribution in [1.29, 1.82) is 0 Å². The second-order valence-corrected chi connectivity index (χ2v) is 6.46. The number of benzene rings is 2. The molecule has 3 rings (SSSR count). The normalized spacial score (nSPS) is 13.5. The number of hydrogen-bond acceptors (Lipinski definition) is 6. The number of rotatable bonds is 6. The van der Waals surface area contributed by atoms with Crippen molar-refractivity contribution in [3.05, 3.63) is 69.3 Å². The van der Waals surface area contributed by atoms with Gasteiger partial charge in [0.05, 0.1) is 10.5 Å². The highest BCUT2D eigenvalue weighted by Crippen LogP contribution is 2.23. The van der Waals surface area contributed by atoms with Crippen LogP contribution in [0.3, 0.4) is 0 Å².